The molecule has 1 aromatic rings. The summed E-state index contributed by atoms with van der Waals surface area (Å²) in [6.45, 7) is 14.7. The van der Waals surface area contributed by atoms with Gasteiger partial charge in [0.05, 0.1) is 26.2 Å². The molecule has 0 saturated heterocycles. The quantitative estimate of drug-likeness (QED) is 0.0451. The molecule has 0 unspecified atom stereocenters. The maximum atomic E-state index is 12.1. The smallest absolute Gasteiger partial charge is 0.200 e. The highest BCUT2D eigenvalue weighted by Crippen LogP contribution is 2.25. The summed E-state index contributed by atoms with van der Waals surface area (Å²) in [5.74, 6) is -13.6. The molecular formula is C32H56F5NO. The minimum absolute atomic E-state index is 1.31. The maximum Gasteiger partial charge on any atom is 0.200 e. The molecule has 0 saturated carbocycles. The maximum absolute atomic E-state index is 12.1. The molecule has 7 heteroatoms. The van der Waals surface area contributed by atoms with Crippen LogP contribution in [0.3, 0.4) is 0 Å². The van der Waals surface area contributed by atoms with E-state index in [0.717, 1.165) is 0 Å². The van der Waals surface area contributed by atoms with Crippen LogP contribution in [0.15, 0.2) is 0 Å². The van der Waals surface area contributed by atoms with Crippen LogP contribution in [0.25, 0.3) is 0 Å². The largest absolute Gasteiger partial charge is 0.868 e. The van der Waals surface area contributed by atoms with E-state index >= 15 is 0 Å². The number of hydrogen-bond acceptors (Lipinski definition) is 1. The SMILES string of the molecule is CCCCCCCCCCCCCCCCCCCC[N+](CC)(CC)CC.[O-]c1c(F)c(F)c(F)c(F)c1F. The first kappa shape index (κ1) is 37.6. The van der Waals surface area contributed by atoms with Crippen LogP contribution in [0.4, 0.5) is 22.0 Å². The Morgan fingerprint density at radius 3 is 0.949 bits per heavy atom. The molecule has 0 radical (unpaired) electrons. The summed E-state index contributed by atoms with van der Waals surface area (Å²) >= 11 is 0. The van der Waals surface area contributed by atoms with Crippen LogP contribution >= 0.6 is 0 Å². The van der Waals surface area contributed by atoms with Gasteiger partial charge in [0.25, 0.3) is 0 Å². The van der Waals surface area contributed by atoms with Crippen LogP contribution in [0, 0.1) is 29.1 Å². The number of nitrogens with zero attached hydrogens (tertiary/aromatic N) is 1. The summed E-state index contributed by atoms with van der Waals surface area (Å²) in [6.07, 6.45) is 26.4. The van der Waals surface area contributed by atoms with Crippen molar-refractivity contribution in [3.8, 4) is 5.75 Å². The number of quaternary nitrogens is 1. The molecule has 1 rings (SSSR count). The standard InChI is InChI=1S/C26H56N.C6HF5O/c1-5-9-10-11-12-13-14-15-16-17-18-19-20-21-22-23-24-25-26-27(6-2,7-3)8-4;7-1-2(8)4(10)6(12)5(11)3(1)9/h5-26H2,1-4H3;12H/q+1;/p-1. The Kier molecular flexibility index (Phi) is 22.5. The normalized spacial score (nSPS) is 11.5. The summed E-state index contributed by atoms with van der Waals surface area (Å²) in [7, 11) is 0. The highest BCUT2D eigenvalue weighted by Gasteiger charge is 2.20. The van der Waals surface area contributed by atoms with E-state index in [9.17, 15) is 27.1 Å². The van der Waals surface area contributed by atoms with Crippen molar-refractivity contribution in [2.24, 2.45) is 0 Å². The van der Waals surface area contributed by atoms with Gasteiger partial charge in [-0.15, -0.1) is 0 Å². The monoisotopic (exact) mass is 565 g/mol. The summed E-state index contributed by atoms with van der Waals surface area (Å²) in [5.41, 5.74) is 0. The third kappa shape index (κ3) is 15.9. The van der Waals surface area contributed by atoms with Crippen LogP contribution in [-0.2, 0) is 0 Å². The molecule has 1 aromatic carbocycles. The van der Waals surface area contributed by atoms with Crippen molar-refractivity contribution in [3.63, 3.8) is 0 Å². The molecule has 0 fully saturated rings. The number of benzene rings is 1. The van der Waals surface area contributed by atoms with Crippen molar-refractivity contribution in [2.75, 3.05) is 26.2 Å². The van der Waals surface area contributed by atoms with Crippen molar-refractivity contribution in [1.29, 1.82) is 0 Å². The highest BCUT2D eigenvalue weighted by atomic mass is 19.2. The van der Waals surface area contributed by atoms with E-state index in [0.29, 0.717) is 0 Å². The molecule has 0 aliphatic heterocycles. The van der Waals surface area contributed by atoms with Gasteiger partial charge in [-0.05, 0) is 39.4 Å². The number of halogens is 5. The molecule has 0 aromatic heterocycles. The van der Waals surface area contributed by atoms with E-state index in [-0.39, 0.29) is 0 Å². The zero-order valence-electron chi connectivity index (χ0n) is 25.3. The molecule has 0 spiro atoms. The number of rotatable bonds is 22. The Bertz CT molecular complexity index is 626. The minimum Gasteiger partial charge on any atom is -0.868 e. The molecule has 0 heterocycles. The Morgan fingerprint density at radius 2 is 0.667 bits per heavy atom. The van der Waals surface area contributed by atoms with Crippen LogP contribution in [0.2, 0.25) is 0 Å². The second-order valence-corrected chi connectivity index (χ2v) is 10.9. The number of unbranched alkanes of at least 4 members (excludes halogenated alkanes) is 17. The van der Waals surface area contributed by atoms with Gasteiger partial charge in [0, 0.05) is 0 Å². The Labute approximate surface area is 236 Å². The van der Waals surface area contributed by atoms with Gasteiger partial charge in [0.2, 0.25) is 0 Å². The summed E-state index contributed by atoms with van der Waals surface area (Å²) in [6, 6.07) is 0. The zero-order valence-corrected chi connectivity index (χ0v) is 25.3. The predicted octanol–water partition coefficient (Wildman–Crippen LogP) is 10.4. The number of hydrogen-bond donors (Lipinski definition) is 0. The van der Waals surface area contributed by atoms with Gasteiger partial charge in [0.15, 0.2) is 29.1 Å². The summed E-state index contributed by atoms with van der Waals surface area (Å²) in [5, 5.41) is 10.2. The Balaban J connectivity index is 0.000000992. The van der Waals surface area contributed by atoms with Crippen LogP contribution in [-0.4, -0.2) is 30.7 Å². The second-order valence-electron chi connectivity index (χ2n) is 10.9. The van der Waals surface area contributed by atoms with E-state index in [1.54, 1.807) is 0 Å². The van der Waals surface area contributed by atoms with E-state index in [2.05, 4.69) is 27.7 Å². The first-order chi connectivity index (χ1) is 18.7. The van der Waals surface area contributed by atoms with Crippen molar-refractivity contribution >= 4 is 0 Å². The topological polar surface area (TPSA) is 23.1 Å². The fraction of sp³-hybridized carbons (Fsp3) is 0.812. The fourth-order valence-corrected chi connectivity index (χ4v) is 5.08. The van der Waals surface area contributed by atoms with Gasteiger partial charge in [-0.1, -0.05) is 110 Å². The second kappa shape index (κ2) is 23.3. The molecule has 0 atom stereocenters. The minimum atomic E-state index is -2.33. The molecule has 39 heavy (non-hydrogen) atoms. The fourth-order valence-electron chi connectivity index (χ4n) is 5.08. The molecule has 230 valence electrons. The van der Waals surface area contributed by atoms with E-state index in [1.807, 2.05) is 0 Å². The average Bonchev–Trinajstić information content (AvgIpc) is 2.96. The van der Waals surface area contributed by atoms with E-state index in [4.69, 9.17) is 0 Å². The van der Waals surface area contributed by atoms with E-state index < -0.39 is 34.8 Å². The van der Waals surface area contributed by atoms with Gasteiger partial charge in [-0.2, -0.15) is 0 Å². The summed E-state index contributed by atoms with van der Waals surface area (Å²) in [4.78, 5) is 0. The molecule has 0 aliphatic rings. The zero-order chi connectivity index (χ0) is 29.5. The van der Waals surface area contributed by atoms with Crippen molar-refractivity contribution in [2.45, 2.75) is 143 Å². The average molecular weight is 566 g/mol. The van der Waals surface area contributed by atoms with Gasteiger partial charge in [-0.3, -0.25) is 0 Å². The van der Waals surface area contributed by atoms with Crippen molar-refractivity contribution in [3.05, 3.63) is 29.1 Å². The molecular weight excluding hydrogens is 509 g/mol. The first-order valence-corrected chi connectivity index (χ1v) is 15.7. The predicted molar refractivity (Wildman–Crippen MR) is 151 cm³/mol. The lowest BCUT2D eigenvalue weighted by atomic mass is 10.0. The van der Waals surface area contributed by atoms with Crippen LogP contribution in [0.1, 0.15) is 143 Å². The Morgan fingerprint density at radius 1 is 0.410 bits per heavy atom. The molecule has 0 bridgehead atoms. The molecule has 0 N–H and O–H groups in total. The third-order valence-corrected chi connectivity index (χ3v) is 8.17. The van der Waals surface area contributed by atoms with Gasteiger partial charge < -0.3 is 9.59 Å². The lowest BCUT2D eigenvalue weighted by molar-refractivity contribution is -0.923. The van der Waals surface area contributed by atoms with Gasteiger partial charge >= 0.3 is 0 Å². The molecule has 2 nitrogen and oxygen atoms in total. The van der Waals surface area contributed by atoms with Gasteiger partial charge in [-0.25, -0.2) is 22.0 Å². The van der Waals surface area contributed by atoms with Crippen LogP contribution in [0.5, 0.6) is 5.75 Å². The Hall–Kier alpha value is -1.37. The summed E-state index contributed by atoms with van der Waals surface area (Å²) < 4.78 is 61.7. The van der Waals surface area contributed by atoms with Gasteiger partial charge in [0.1, 0.15) is 0 Å². The van der Waals surface area contributed by atoms with E-state index in [1.165, 1.54) is 146 Å². The molecule has 0 amide bonds. The molecule has 0 aliphatic carbocycles. The van der Waals surface area contributed by atoms with Crippen molar-refractivity contribution < 1.29 is 31.5 Å². The third-order valence-electron chi connectivity index (χ3n) is 8.17. The highest BCUT2D eigenvalue weighted by molar-refractivity contribution is 5.26. The van der Waals surface area contributed by atoms with Crippen LogP contribution < -0.4 is 5.11 Å². The first-order valence-electron chi connectivity index (χ1n) is 15.7. The lowest BCUT2D eigenvalue weighted by Gasteiger charge is -2.35. The van der Waals surface area contributed by atoms with Crippen molar-refractivity contribution in [1.82, 2.24) is 0 Å². The lowest BCUT2D eigenvalue weighted by Crippen LogP contribution is -2.48.